The Morgan fingerprint density at radius 1 is 0.947 bits per heavy atom. The molecule has 112 valence electrons. The Morgan fingerprint density at radius 3 is 2.21 bits per heavy atom. The fourth-order valence-corrected chi connectivity index (χ4v) is 3.42. The highest BCUT2D eigenvalue weighted by Crippen LogP contribution is 2.26. The quantitative estimate of drug-likeness (QED) is 0.736. The largest absolute Gasteiger partial charge is 0.377 e. The standard InChI is InChI=1S/C16H32N2O/c1-3-8-17-9-11-18(12-10-17)13-14-19-16-7-5-4-6-15(16)2/h15-16H,3-14H2,1-2H3. The lowest BCUT2D eigenvalue weighted by Crippen LogP contribution is -2.47. The summed E-state index contributed by atoms with van der Waals surface area (Å²) in [5.74, 6) is 0.773. The van der Waals surface area contributed by atoms with Crippen LogP contribution in [-0.2, 0) is 4.74 Å². The lowest BCUT2D eigenvalue weighted by Gasteiger charge is -2.35. The molecule has 2 aliphatic rings. The van der Waals surface area contributed by atoms with Crippen molar-refractivity contribution in [2.24, 2.45) is 5.92 Å². The zero-order chi connectivity index (χ0) is 13.5. The summed E-state index contributed by atoms with van der Waals surface area (Å²) in [6.07, 6.45) is 7.23. The van der Waals surface area contributed by atoms with Crippen molar-refractivity contribution in [2.75, 3.05) is 45.9 Å². The maximum atomic E-state index is 6.12. The normalized spacial score (nSPS) is 30.6. The van der Waals surface area contributed by atoms with Gasteiger partial charge in [0.25, 0.3) is 0 Å². The Labute approximate surface area is 119 Å². The Kier molecular flexibility index (Phi) is 6.62. The molecule has 0 spiro atoms. The van der Waals surface area contributed by atoms with Gasteiger partial charge in [0.05, 0.1) is 12.7 Å². The number of rotatable bonds is 6. The van der Waals surface area contributed by atoms with Crippen LogP contribution in [0.3, 0.4) is 0 Å². The van der Waals surface area contributed by atoms with Crippen LogP contribution >= 0.6 is 0 Å². The van der Waals surface area contributed by atoms with Crippen molar-refractivity contribution < 1.29 is 4.74 Å². The van der Waals surface area contributed by atoms with Crippen LogP contribution in [-0.4, -0.2) is 61.8 Å². The van der Waals surface area contributed by atoms with Gasteiger partial charge in [-0.3, -0.25) is 4.90 Å². The van der Waals surface area contributed by atoms with Crippen molar-refractivity contribution in [3.05, 3.63) is 0 Å². The first-order valence-electron chi connectivity index (χ1n) is 8.36. The topological polar surface area (TPSA) is 15.7 Å². The number of hydrogen-bond donors (Lipinski definition) is 0. The van der Waals surface area contributed by atoms with E-state index in [4.69, 9.17) is 4.74 Å². The fourth-order valence-electron chi connectivity index (χ4n) is 3.42. The molecular weight excluding hydrogens is 236 g/mol. The predicted octanol–water partition coefficient (Wildman–Crippen LogP) is 2.61. The van der Waals surface area contributed by atoms with Gasteiger partial charge in [-0.25, -0.2) is 0 Å². The third-order valence-electron chi connectivity index (χ3n) is 4.78. The van der Waals surface area contributed by atoms with Gasteiger partial charge in [0.2, 0.25) is 0 Å². The molecule has 2 rings (SSSR count). The van der Waals surface area contributed by atoms with E-state index in [-0.39, 0.29) is 0 Å². The van der Waals surface area contributed by atoms with E-state index in [9.17, 15) is 0 Å². The summed E-state index contributed by atoms with van der Waals surface area (Å²) in [5, 5.41) is 0. The average molecular weight is 268 g/mol. The van der Waals surface area contributed by atoms with Crippen LogP contribution in [0.4, 0.5) is 0 Å². The molecule has 1 heterocycles. The molecule has 2 atom stereocenters. The molecule has 1 saturated heterocycles. The number of nitrogens with zero attached hydrogens (tertiary/aromatic N) is 2. The summed E-state index contributed by atoms with van der Waals surface area (Å²) in [4.78, 5) is 5.15. The lowest BCUT2D eigenvalue weighted by atomic mass is 9.88. The molecule has 0 N–H and O–H groups in total. The van der Waals surface area contributed by atoms with E-state index in [0.717, 1.165) is 19.1 Å². The second kappa shape index (κ2) is 8.23. The summed E-state index contributed by atoms with van der Waals surface area (Å²) < 4.78 is 6.12. The van der Waals surface area contributed by atoms with Gasteiger partial charge < -0.3 is 9.64 Å². The van der Waals surface area contributed by atoms with E-state index in [0.29, 0.717) is 6.10 Å². The summed E-state index contributed by atoms with van der Waals surface area (Å²) >= 11 is 0. The van der Waals surface area contributed by atoms with Gasteiger partial charge in [0.1, 0.15) is 0 Å². The Bertz CT molecular complexity index is 239. The van der Waals surface area contributed by atoms with Gasteiger partial charge >= 0.3 is 0 Å². The third-order valence-corrected chi connectivity index (χ3v) is 4.78. The Balaban J connectivity index is 1.56. The number of hydrogen-bond acceptors (Lipinski definition) is 3. The summed E-state index contributed by atoms with van der Waals surface area (Å²) in [6.45, 7) is 12.9. The van der Waals surface area contributed by atoms with Crippen molar-refractivity contribution in [3.63, 3.8) is 0 Å². The van der Waals surface area contributed by atoms with Gasteiger partial charge in [-0.05, 0) is 31.7 Å². The van der Waals surface area contributed by atoms with Gasteiger partial charge in [-0.2, -0.15) is 0 Å². The summed E-state index contributed by atoms with van der Waals surface area (Å²) in [5.41, 5.74) is 0. The highest BCUT2D eigenvalue weighted by Gasteiger charge is 2.22. The van der Waals surface area contributed by atoms with Crippen LogP contribution in [0.5, 0.6) is 0 Å². The van der Waals surface area contributed by atoms with E-state index in [1.165, 1.54) is 64.8 Å². The molecule has 3 nitrogen and oxygen atoms in total. The molecule has 19 heavy (non-hydrogen) atoms. The second-order valence-electron chi connectivity index (χ2n) is 6.35. The van der Waals surface area contributed by atoms with E-state index < -0.39 is 0 Å². The molecule has 0 aromatic carbocycles. The van der Waals surface area contributed by atoms with Crippen molar-refractivity contribution in [1.82, 2.24) is 9.80 Å². The Hall–Kier alpha value is -0.120. The predicted molar refractivity (Wildman–Crippen MR) is 80.5 cm³/mol. The SMILES string of the molecule is CCCN1CCN(CCOC2CCCCC2C)CC1. The minimum Gasteiger partial charge on any atom is -0.377 e. The van der Waals surface area contributed by atoms with Crippen LogP contribution < -0.4 is 0 Å². The first kappa shape index (κ1) is 15.3. The molecule has 0 bridgehead atoms. The van der Waals surface area contributed by atoms with E-state index in [1.807, 2.05) is 0 Å². The molecule has 0 aromatic heterocycles. The molecule has 2 fully saturated rings. The highest BCUT2D eigenvalue weighted by molar-refractivity contribution is 4.74. The average Bonchev–Trinajstić information content (AvgIpc) is 2.43. The first-order chi connectivity index (χ1) is 9.29. The fraction of sp³-hybridized carbons (Fsp3) is 1.00. The van der Waals surface area contributed by atoms with Gasteiger partial charge in [0.15, 0.2) is 0 Å². The first-order valence-corrected chi connectivity index (χ1v) is 8.36. The molecule has 1 aliphatic carbocycles. The molecule has 2 unspecified atom stereocenters. The van der Waals surface area contributed by atoms with E-state index in [1.54, 1.807) is 0 Å². The van der Waals surface area contributed by atoms with Crippen LogP contribution in [0, 0.1) is 5.92 Å². The Morgan fingerprint density at radius 2 is 1.58 bits per heavy atom. The minimum atomic E-state index is 0.537. The van der Waals surface area contributed by atoms with Crippen molar-refractivity contribution >= 4 is 0 Å². The van der Waals surface area contributed by atoms with Crippen LogP contribution in [0.15, 0.2) is 0 Å². The molecule has 0 amide bonds. The van der Waals surface area contributed by atoms with Crippen LogP contribution in [0.1, 0.15) is 46.0 Å². The van der Waals surface area contributed by atoms with E-state index >= 15 is 0 Å². The smallest absolute Gasteiger partial charge is 0.0601 e. The van der Waals surface area contributed by atoms with Crippen LogP contribution in [0.25, 0.3) is 0 Å². The van der Waals surface area contributed by atoms with Gasteiger partial charge in [0, 0.05) is 32.7 Å². The van der Waals surface area contributed by atoms with E-state index in [2.05, 4.69) is 23.6 Å². The molecule has 0 aromatic rings. The van der Waals surface area contributed by atoms with Crippen molar-refractivity contribution in [2.45, 2.75) is 52.1 Å². The van der Waals surface area contributed by atoms with Crippen LogP contribution in [0.2, 0.25) is 0 Å². The molecular formula is C16H32N2O. The zero-order valence-electron chi connectivity index (χ0n) is 12.9. The van der Waals surface area contributed by atoms with Crippen molar-refractivity contribution in [1.29, 1.82) is 0 Å². The van der Waals surface area contributed by atoms with Gasteiger partial charge in [-0.1, -0.05) is 26.7 Å². The summed E-state index contributed by atoms with van der Waals surface area (Å²) in [7, 11) is 0. The minimum absolute atomic E-state index is 0.537. The molecule has 3 heteroatoms. The number of piperazine rings is 1. The highest BCUT2D eigenvalue weighted by atomic mass is 16.5. The second-order valence-corrected chi connectivity index (χ2v) is 6.35. The molecule has 0 radical (unpaired) electrons. The third kappa shape index (κ3) is 5.05. The van der Waals surface area contributed by atoms with Crippen molar-refractivity contribution in [3.8, 4) is 0 Å². The lowest BCUT2D eigenvalue weighted by molar-refractivity contribution is -0.0179. The maximum Gasteiger partial charge on any atom is 0.0601 e. The summed E-state index contributed by atoms with van der Waals surface area (Å²) in [6, 6.07) is 0. The molecule has 1 aliphatic heterocycles. The maximum absolute atomic E-state index is 6.12. The van der Waals surface area contributed by atoms with Gasteiger partial charge in [-0.15, -0.1) is 0 Å². The number of ether oxygens (including phenoxy) is 1. The zero-order valence-corrected chi connectivity index (χ0v) is 12.9. The monoisotopic (exact) mass is 268 g/mol. The molecule has 1 saturated carbocycles.